The summed E-state index contributed by atoms with van der Waals surface area (Å²) in [6.07, 6.45) is 8.57. The lowest BCUT2D eigenvalue weighted by molar-refractivity contribution is -0.00941. The van der Waals surface area contributed by atoms with Gasteiger partial charge >= 0.3 is 0 Å². The van der Waals surface area contributed by atoms with Gasteiger partial charge in [-0.15, -0.1) is 0 Å². The maximum atomic E-state index is 11.4. The van der Waals surface area contributed by atoms with E-state index in [-0.39, 0.29) is 0 Å². The van der Waals surface area contributed by atoms with Gasteiger partial charge in [-0.3, -0.25) is 0 Å². The highest BCUT2D eigenvalue weighted by Gasteiger charge is 2.05. The van der Waals surface area contributed by atoms with Crippen LogP contribution in [0.1, 0.15) is 65.2 Å². The van der Waals surface area contributed by atoms with Gasteiger partial charge in [-0.25, -0.2) is 5.11 Å². The molecular weight excluding hydrogens is 188 g/mol. The Bertz CT molecular complexity index is 115. The van der Waals surface area contributed by atoms with Crippen molar-refractivity contribution >= 4 is 0 Å². The van der Waals surface area contributed by atoms with Crippen molar-refractivity contribution in [2.45, 2.75) is 71.3 Å². The quantitative estimate of drug-likeness (QED) is 0.480. The first-order chi connectivity index (χ1) is 7.31. The van der Waals surface area contributed by atoms with E-state index in [1.165, 1.54) is 32.1 Å². The molecule has 0 aliphatic rings. The summed E-state index contributed by atoms with van der Waals surface area (Å²) in [5.41, 5.74) is 0. The number of hydrogen-bond donors (Lipinski definition) is 0. The molecule has 0 aromatic rings. The van der Waals surface area contributed by atoms with E-state index >= 15 is 0 Å². The fraction of sp³-hybridized carbons (Fsp3) is 1.00. The molecule has 2 heteroatoms. The average Bonchev–Trinajstić information content (AvgIpc) is 2.23. The van der Waals surface area contributed by atoms with Crippen LogP contribution in [0.25, 0.3) is 0 Å². The number of hydrogen-bond acceptors (Lipinski definition) is 1. The summed E-state index contributed by atoms with van der Waals surface area (Å²) in [5, 5.41) is 11.4. The normalized spacial score (nSPS) is 13.0. The van der Waals surface area contributed by atoms with E-state index in [9.17, 15) is 5.11 Å². The summed E-state index contributed by atoms with van der Waals surface area (Å²) in [6, 6.07) is 0. The maximum absolute atomic E-state index is 11.4. The van der Waals surface area contributed by atoms with Gasteiger partial charge in [-0.2, -0.15) is 0 Å². The Hall–Kier alpha value is -0.0800. The van der Waals surface area contributed by atoms with Crippen LogP contribution in [0.3, 0.4) is 0 Å². The molecule has 1 atom stereocenters. The summed E-state index contributed by atoms with van der Waals surface area (Å²) >= 11 is 0. The van der Waals surface area contributed by atoms with Gasteiger partial charge in [-0.1, -0.05) is 52.4 Å². The van der Waals surface area contributed by atoms with Crippen LogP contribution in [0.2, 0.25) is 0 Å². The van der Waals surface area contributed by atoms with Crippen LogP contribution in [0, 0.1) is 0 Å². The molecule has 15 heavy (non-hydrogen) atoms. The van der Waals surface area contributed by atoms with Gasteiger partial charge in [0.2, 0.25) is 0 Å². The van der Waals surface area contributed by atoms with Crippen molar-refractivity contribution in [1.29, 1.82) is 0 Å². The molecule has 0 aromatic heterocycles. The van der Waals surface area contributed by atoms with E-state index in [2.05, 4.69) is 13.8 Å². The second kappa shape index (κ2) is 12.0. The molecule has 1 radical (unpaired) electrons. The predicted molar refractivity (Wildman–Crippen MR) is 63.6 cm³/mol. The fourth-order valence-electron chi connectivity index (χ4n) is 1.55. The average molecular weight is 215 g/mol. The van der Waals surface area contributed by atoms with Crippen LogP contribution < -0.4 is 0 Å². The minimum Gasteiger partial charge on any atom is -0.379 e. The zero-order valence-corrected chi connectivity index (χ0v) is 10.5. The molecule has 1 unspecified atom stereocenters. The lowest BCUT2D eigenvalue weighted by Gasteiger charge is -2.08. The lowest BCUT2D eigenvalue weighted by atomic mass is 10.1. The van der Waals surface area contributed by atoms with E-state index < -0.39 is 6.10 Å². The smallest absolute Gasteiger partial charge is 0.116 e. The highest BCUT2D eigenvalue weighted by atomic mass is 16.5. The first-order valence-electron chi connectivity index (χ1n) is 6.54. The van der Waals surface area contributed by atoms with Crippen molar-refractivity contribution in [2.75, 3.05) is 13.2 Å². The monoisotopic (exact) mass is 215 g/mol. The Balaban J connectivity index is 3.06. The summed E-state index contributed by atoms with van der Waals surface area (Å²) in [7, 11) is 0. The highest BCUT2D eigenvalue weighted by Crippen LogP contribution is 2.05. The number of unbranched alkanes of at least 4 members (excludes halogenated alkanes) is 5. The molecule has 0 saturated heterocycles. The molecular formula is C13H27O2. The molecule has 0 amide bonds. The predicted octanol–water partition coefficient (Wildman–Crippen LogP) is 3.96. The van der Waals surface area contributed by atoms with Crippen molar-refractivity contribution in [1.82, 2.24) is 0 Å². The van der Waals surface area contributed by atoms with Crippen LogP contribution >= 0.6 is 0 Å². The molecule has 0 rings (SSSR count). The number of ether oxygens (including phenoxy) is 1. The van der Waals surface area contributed by atoms with E-state index in [0.717, 1.165) is 25.9 Å². The molecule has 0 aliphatic carbocycles. The van der Waals surface area contributed by atoms with Crippen LogP contribution in [0.4, 0.5) is 0 Å². The van der Waals surface area contributed by atoms with Crippen molar-refractivity contribution < 1.29 is 9.84 Å². The minimum absolute atomic E-state index is 0.413. The lowest BCUT2D eigenvalue weighted by Crippen LogP contribution is -2.14. The third-order valence-corrected chi connectivity index (χ3v) is 2.58. The van der Waals surface area contributed by atoms with Gasteiger partial charge in [0, 0.05) is 6.61 Å². The van der Waals surface area contributed by atoms with E-state index in [1.54, 1.807) is 0 Å². The maximum Gasteiger partial charge on any atom is 0.116 e. The Morgan fingerprint density at radius 2 is 1.60 bits per heavy atom. The largest absolute Gasteiger partial charge is 0.379 e. The Kier molecular flexibility index (Phi) is 11.9. The Labute approximate surface area is 95.0 Å². The van der Waals surface area contributed by atoms with E-state index in [1.807, 2.05) is 0 Å². The molecule has 0 bridgehead atoms. The molecule has 0 fully saturated rings. The standard InChI is InChI=1S/C13H27O2/c1-3-5-7-9-11-15-12-13(14)10-8-6-4-2/h13H,3-12H2,1-2H3. The second-order valence-corrected chi connectivity index (χ2v) is 4.25. The first-order valence-corrected chi connectivity index (χ1v) is 6.54. The molecule has 0 N–H and O–H groups in total. The summed E-state index contributed by atoms with van der Waals surface area (Å²) in [5.74, 6) is 0. The molecule has 91 valence electrons. The van der Waals surface area contributed by atoms with E-state index in [0.29, 0.717) is 6.61 Å². The van der Waals surface area contributed by atoms with Crippen LogP contribution in [0.15, 0.2) is 0 Å². The highest BCUT2D eigenvalue weighted by molar-refractivity contribution is 4.53. The zero-order chi connectivity index (χ0) is 11.4. The Morgan fingerprint density at radius 3 is 2.27 bits per heavy atom. The van der Waals surface area contributed by atoms with Gasteiger partial charge in [0.25, 0.3) is 0 Å². The van der Waals surface area contributed by atoms with Crippen molar-refractivity contribution in [2.24, 2.45) is 0 Å². The van der Waals surface area contributed by atoms with E-state index in [4.69, 9.17) is 4.74 Å². The third-order valence-electron chi connectivity index (χ3n) is 2.58. The zero-order valence-electron chi connectivity index (χ0n) is 10.5. The Morgan fingerprint density at radius 1 is 0.933 bits per heavy atom. The molecule has 0 saturated carbocycles. The van der Waals surface area contributed by atoms with Crippen LogP contribution in [-0.4, -0.2) is 19.3 Å². The fourth-order valence-corrected chi connectivity index (χ4v) is 1.55. The van der Waals surface area contributed by atoms with Crippen molar-refractivity contribution in [3.63, 3.8) is 0 Å². The van der Waals surface area contributed by atoms with Gasteiger partial charge < -0.3 is 4.74 Å². The third kappa shape index (κ3) is 11.8. The molecule has 0 heterocycles. The van der Waals surface area contributed by atoms with Crippen LogP contribution in [0.5, 0.6) is 0 Å². The molecule has 0 aliphatic heterocycles. The van der Waals surface area contributed by atoms with Gasteiger partial charge in [0.1, 0.15) is 6.10 Å². The van der Waals surface area contributed by atoms with Gasteiger partial charge in [-0.05, 0) is 12.8 Å². The SMILES string of the molecule is CCCCCCOCC([O])CCCCC. The molecule has 0 aromatic carbocycles. The van der Waals surface area contributed by atoms with Crippen molar-refractivity contribution in [3.05, 3.63) is 0 Å². The summed E-state index contributed by atoms with van der Waals surface area (Å²) < 4.78 is 5.36. The summed E-state index contributed by atoms with van der Waals surface area (Å²) in [4.78, 5) is 0. The van der Waals surface area contributed by atoms with Gasteiger partial charge in [0.15, 0.2) is 0 Å². The molecule has 2 nitrogen and oxygen atoms in total. The molecule has 0 spiro atoms. The first kappa shape index (κ1) is 14.9. The number of rotatable bonds is 11. The van der Waals surface area contributed by atoms with Crippen molar-refractivity contribution in [3.8, 4) is 0 Å². The van der Waals surface area contributed by atoms with Crippen LogP contribution in [-0.2, 0) is 9.84 Å². The van der Waals surface area contributed by atoms with Gasteiger partial charge in [0.05, 0.1) is 6.61 Å². The summed E-state index contributed by atoms with van der Waals surface area (Å²) in [6.45, 7) is 5.54. The second-order valence-electron chi connectivity index (χ2n) is 4.25. The minimum atomic E-state index is -0.497. The topological polar surface area (TPSA) is 29.1 Å².